The molecular weight excluding hydrogens is 602 g/mol. The second-order valence-electron chi connectivity index (χ2n) is 14.5. The van der Waals surface area contributed by atoms with Crippen LogP contribution >= 0.6 is 0 Å². The Labute approximate surface area is 278 Å². The summed E-state index contributed by atoms with van der Waals surface area (Å²) in [5.41, 5.74) is 6.37. The average molecular weight is 642 g/mol. The predicted octanol–water partition coefficient (Wildman–Crippen LogP) is 6.66. The molecule has 0 bridgehead atoms. The molecule has 2 saturated heterocycles. The first kappa shape index (κ1) is 29.2. The molecule has 5 aromatic rings. The number of amides is 2. The number of hydrogen-bond acceptors (Lipinski definition) is 5. The molecule has 0 unspecified atom stereocenters. The van der Waals surface area contributed by atoms with Gasteiger partial charge in [-0.05, 0) is 83.0 Å². The summed E-state index contributed by atoms with van der Waals surface area (Å²) in [6.07, 6.45) is 6.90. The van der Waals surface area contributed by atoms with Crippen LogP contribution in [0.4, 0.5) is 4.79 Å². The van der Waals surface area contributed by atoms with Crippen LogP contribution in [0.15, 0.2) is 73.1 Å². The molecule has 48 heavy (non-hydrogen) atoms. The van der Waals surface area contributed by atoms with E-state index < -0.39 is 12.1 Å². The lowest BCUT2D eigenvalue weighted by Gasteiger charge is -2.31. The lowest BCUT2D eigenvalue weighted by Crippen LogP contribution is -2.51. The first-order valence-electron chi connectivity index (χ1n) is 17.1. The Morgan fingerprint density at radius 2 is 1.44 bits per heavy atom. The van der Waals surface area contributed by atoms with E-state index in [9.17, 15) is 14.7 Å². The van der Waals surface area contributed by atoms with E-state index in [0.717, 1.165) is 64.1 Å². The van der Waals surface area contributed by atoms with Gasteiger partial charge in [0.2, 0.25) is 5.91 Å². The monoisotopic (exact) mass is 641 g/mol. The summed E-state index contributed by atoms with van der Waals surface area (Å²) >= 11 is 0. The molecule has 244 valence electrons. The number of carboxylic acid groups (broad SMARTS) is 1. The summed E-state index contributed by atoms with van der Waals surface area (Å²) in [6, 6.07) is 21.8. The van der Waals surface area contributed by atoms with Crippen LogP contribution in [0.1, 0.15) is 63.3 Å². The summed E-state index contributed by atoms with van der Waals surface area (Å²) in [5.74, 6) is 2.75. The molecule has 2 saturated carbocycles. The molecule has 5 N–H and O–H groups in total. The van der Waals surface area contributed by atoms with Crippen LogP contribution < -0.4 is 10.6 Å². The van der Waals surface area contributed by atoms with Gasteiger partial charge in [0.15, 0.2) is 0 Å². The Kier molecular flexibility index (Phi) is 6.72. The molecule has 9 rings (SSSR count). The Morgan fingerprint density at radius 3 is 2.15 bits per heavy atom. The number of nitrogens with zero attached hydrogens (tertiary/aromatic N) is 3. The van der Waals surface area contributed by atoms with E-state index in [-0.39, 0.29) is 23.9 Å². The predicted molar refractivity (Wildman–Crippen MR) is 183 cm³/mol. The van der Waals surface area contributed by atoms with Crippen molar-refractivity contribution in [2.45, 2.75) is 69.7 Å². The number of hydrogen-bond donors (Lipinski definition) is 5. The topological polar surface area (TPSA) is 139 Å². The minimum Gasteiger partial charge on any atom is -0.465 e. The van der Waals surface area contributed by atoms with Crippen molar-refractivity contribution in [2.75, 3.05) is 0 Å². The first-order chi connectivity index (χ1) is 23.3. The molecule has 10 heteroatoms. The highest BCUT2D eigenvalue weighted by atomic mass is 16.4. The van der Waals surface area contributed by atoms with Crippen LogP contribution in [0.3, 0.4) is 0 Å². The fraction of sp³-hybridized carbons (Fsp3) is 0.368. The number of piperidine rings is 2. The molecule has 4 heterocycles. The van der Waals surface area contributed by atoms with E-state index in [0.29, 0.717) is 18.0 Å². The standard InChI is InChI=1S/C38H39N7O3/c1-19(2)34(44-38(47)48)37(46)45-32-15-27(32)16-33(45)36-40-17-30(43-36)21-5-3-20(4-6-21)22-7-8-24-12-25(10-9-23(24)11-22)31-18-39-35(42-31)29-14-26-13-28(26)41-29/h3-12,17-19,26-29,32-34,41,44H,13-16H2,1-2H3,(H,39,42)(H,40,43)(H,47,48)/t26-,27+,28+,29-,32+,33-,34-/m0/s1. The third-order valence-electron chi connectivity index (χ3n) is 11.0. The van der Waals surface area contributed by atoms with Gasteiger partial charge in [-0.3, -0.25) is 4.79 Å². The van der Waals surface area contributed by atoms with Gasteiger partial charge in [-0.1, -0.05) is 62.4 Å². The van der Waals surface area contributed by atoms with E-state index in [4.69, 9.17) is 4.98 Å². The number of nitrogens with one attached hydrogen (secondary N) is 4. The number of imidazole rings is 2. The van der Waals surface area contributed by atoms with Crippen molar-refractivity contribution in [2.24, 2.45) is 17.8 Å². The molecule has 4 fully saturated rings. The lowest BCUT2D eigenvalue weighted by molar-refractivity contribution is -0.136. The van der Waals surface area contributed by atoms with E-state index in [2.05, 4.69) is 86.2 Å². The fourth-order valence-corrected chi connectivity index (χ4v) is 8.10. The second kappa shape index (κ2) is 11.1. The van der Waals surface area contributed by atoms with Gasteiger partial charge in [0, 0.05) is 17.6 Å². The fourth-order valence-electron chi connectivity index (χ4n) is 8.10. The van der Waals surface area contributed by atoms with Gasteiger partial charge < -0.3 is 30.6 Å². The first-order valence-corrected chi connectivity index (χ1v) is 17.1. The van der Waals surface area contributed by atoms with Crippen molar-refractivity contribution in [3.05, 3.63) is 84.7 Å². The molecule has 2 amide bonds. The molecular formula is C38H39N7O3. The van der Waals surface area contributed by atoms with Crippen molar-refractivity contribution >= 4 is 22.8 Å². The van der Waals surface area contributed by atoms with Crippen LogP contribution in [-0.2, 0) is 4.79 Å². The molecule has 4 aliphatic rings. The van der Waals surface area contributed by atoms with E-state index in [1.54, 1.807) is 0 Å². The molecule has 7 atom stereocenters. The average Bonchev–Trinajstić information content (AvgIpc) is 3.65. The zero-order valence-electron chi connectivity index (χ0n) is 27.0. The van der Waals surface area contributed by atoms with Crippen molar-refractivity contribution in [1.82, 2.24) is 35.5 Å². The lowest BCUT2D eigenvalue weighted by atomic mass is 9.98. The van der Waals surface area contributed by atoms with Crippen LogP contribution in [-0.4, -0.2) is 60.1 Å². The van der Waals surface area contributed by atoms with Gasteiger partial charge in [0.1, 0.15) is 17.7 Å². The number of H-pyrrole nitrogens is 2. The maximum atomic E-state index is 13.6. The minimum atomic E-state index is -1.18. The third-order valence-corrected chi connectivity index (χ3v) is 11.0. The third kappa shape index (κ3) is 5.15. The highest BCUT2D eigenvalue weighted by Crippen LogP contribution is 2.53. The second-order valence-corrected chi connectivity index (χ2v) is 14.5. The normalized spacial score (nSPS) is 26.0. The van der Waals surface area contributed by atoms with Crippen molar-refractivity contribution in [3.63, 3.8) is 0 Å². The van der Waals surface area contributed by atoms with Crippen molar-refractivity contribution in [1.29, 1.82) is 0 Å². The quantitative estimate of drug-likeness (QED) is 0.128. The summed E-state index contributed by atoms with van der Waals surface area (Å²) < 4.78 is 0. The zero-order valence-corrected chi connectivity index (χ0v) is 27.0. The number of benzene rings is 3. The molecule has 2 aliphatic heterocycles. The summed E-state index contributed by atoms with van der Waals surface area (Å²) in [6.45, 7) is 3.73. The van der Waals surface area contributed by atoms with Gasteiger partial charge in [-0.15, -0.1) is 0 Å². The summed E-state index contributed by atoms with van der Waals surface area (Å²) in [4.78, 5) is 43.3. The summed E-state index contributed by atoms with van der Waals surface area (Å²) in [5, 5.41) is 17.8. The number of rotatable bonds is 8. The van der Waals surface area contributed by atoms with Crippen molar-refractivity contribution in [3.8, 4) is 33.6 Å². The van der Waals surface area contributed by atoms with Crippen molar-refractivity contribution < 1.29 is 14.7 Å². The van der Waals surface area contributed by atoms with E-state index in [1.165, 1.54) is 23.6 Å². The number of fused-ring (bicyclic) bond motifs is 3. The van der Waals surface area contributed by atoms with E-state index in [1.807, 2.05) is 31.1 Å². The molecule has 0 radical (unpaired) electrons. The van der Waals surface area contributed by atoms with Crippen LogP contribution in [0.2, 0.25) is 0 Å². The highest BCUT2D eigenvalue weighted by molar-refractivity contribution is 5.91. The molecule has 10 nitrogen and oxygen atoms in total. The Morgan fingerprint density at radius 1 is 0.792 bits per heavy atom. The smallest absolute Gasteiger partial charge is 0.405 e. The SMILES string of the molecule is CC(C)[C@H](NC(=O)O)C(=O)N1[C@@H]2C[C@@H]2C[C@H]1c1ncc(-c2ccc(-c3ccc4cc(-c5cnc([C@@H]6C[C@@H]7C[C@H]7N6)[nH]5)ccc4c3)cc2)[nH]1. The Balaban J connectivity index is 0.904. The maximum absolute atomic E-state index is 13.6. The van der Waals surface area contributed by atoms with Gasteiger partial charge in [0.25, 0.3) is 0 Å². The van der Waals surface area contributed by atoms with Crippen LogP contribution in [0, 0.1) is 17.8 Å². The van der Waals surface area contributed by atoms with E-state index >= 15 is 0 Å². The Hall–Kier alpha value is -4.96. The molecule has 2 aromatic heterocycles. The number of carbonyl (C=O) groups is 2. The number of likely N-dealkylation sites (tertiary alicyclic amines) is 1. The minimum absolute atomic E-state index is 0.155. The van der Waals surface area contributed by atoms with Crippen LogP contribution in [0.5, 0.6) is 0 Å². The summed E-state index contributed by atoms with van der Waals surface area (Å²) in [7, 11) is 0. The highest BCUT2D eigenvalue weighted by Gasteiger charge is 2.56. The number of carbonyl (C=O) groups excluding carboxylic acids is 1. The Bertz CT molecular complexity index is 2040. The zero-order chi connectivity index (χ0) is 32.7. The van der Waals surface area contributed by atoms with Crippen LogP contribution in [0.25, 0.3) is 44.4 Å². The van der Waals surface area contributed by atoms with Gasteiger partial charge in [0.05, 0.1) is 35.9 Å². The van der Waals surface area contributed by atoms with Gasteiger partial charge >= 0.3 is 6.09 Å². The maximum Gasteiger partial charge on any atom is 0.405 e. The molecule has 0 spiro atoms. The molecule has 3 aromatic carbocycles. The number of aromatic amines is 2. The van der Waals surface area contributed by atoms with Gasteiger partial charge in [-0.2, -0.15) is 0 Å². The largest absolute Gasteiger partial charge is 0.465 e. The van der Waals surface area contributed by atoms with Gasteiger partial charge in [-0.25, -0.2) is 14.8 Å². The number of aromatic nitrogens is 4. The molecule has 2 aliphatic carbocycles.